The zero-order chi connectivity index (χ0) is 12.9. The van der Waals surface area contributed by atoms with E-state index in [1.54, 1.807) is 6.92 Å². The van der Waals surface area contributed by atoms with Crippen LogP contribution in [0.25, 0.3) is 0 Å². The van der Waals surface area contributed by atoms with Crippen molar-refractivity contribution < 1.29 is 22.7 Å². The molecule has 2 N–H and O–H groups in total. The third-order valence-corrected chi connectivity index (χ3v) is 3.61. The second-order valence-electron chi connectivity index (χ2n) is 3.64. The summed E-state index contributed by atoms with van der Waals surface area (Å²) in [5.41, 5.74) is 0. The van der Waals surface area contributed by atoms with Crippen molar-refractivity contribution in [1.29, 1.82) is 0 Å². The zero-order valence-electron chi connectivity index (χ0n) is 9.56. The van der Waals surface area contributed by atoms with Gasteiger partial charge in [0.2, 0.25) is 21.8 Å². The highest BCUT2D eigenvalue weighted by Gasteiger charge is 2.29. The summed E-state index contributed by atoms with van der Waals surface area (Å²) in [5.74, 6) is -1.17. The van der Waals surface area contributed by atoms with Crippen LogP contribution in [0.5, 0.6) is 0 Å². The molecule has 1 aliphatic rings. The molecule has 7 nitrogen and oxygen atoms in total. The number of imide groups is 1. The SMILES string of the molecule is CCOCCS(=O)(=O)NC1CCC(=O)NC1=O. The number of ether oxygens (including phenoxy) is 1. The predicted octanol–water partition coefficient (Wildman–Crippen LogP) is -1.25. The molecule has 1 saturated heterocycles. The lowest BCUT2D eigenvalue weighted by Crippen LogP contribution is -2.52. The molecule has 1 unspecified atom stereocenters. The monoisotopic (exact) mass is 264 g/mol. The van der Waals surface area contributed by atoms with Crippen LogP contribution in [0.15, 0.2) is 0 Å². The largest absolute Gasteiger partial charge is 0.381 e. The van der Waals surface area contributed by atoms with Gasteiger partial charge in [-0.25, -0.2) is 13.1 Å². The highest BCUT2D eigenvalue weighted by molar-refractivity contribution is 7.89. The number of carbonyl (C=O) groups is 2. The van der Waals surface area contributed by atoms with Crippen molar-refractivity contribution in [2.24, 2.45) is 0 Å². The van der Waals surface area contributed by atoms with Gasteiger partial charge >= 0.3 is 0 Å². The van der Waals surface area contributed by atoms with Crippen LogP contribution in [0.4, 0.5) is 0 Å². The highest BCUT2D eigenvalue weighted by atomic mass is 32.2. The first kappa shape index (κ1) is 14.1. The van der Waals surface area contributed by atoms with Crippen LogP contribution < -0.4 is 10.0 Å². The van der Waals surface area contributed by atoms with E-state index in [1.807, 2.05) is 0 Å². The molecule has 0 bridgehead atoms. The van der Waals surface area contributed by atoms with Crippen LogP contribution in [-0.4, -0.2) is 45.2 Å². The molecule has 0 spiro atoms. The van der Waals surface area contributed by atoms with Crippen LogP contribution in [-0.2, 0) is 24.3 Å². The fourth-order valence-electron chi connectivity index (χ4n) is 1.39. The Balaban J connectivity index is 2.47. The van der Waals surface area contributed by atoms with Crippen molar-refractivity contribution in [1.82, 2.24) is 10.0 Å². The Morgan fingerprint density at radius 1 is 1.47 bits per heavy atom. The average Bonchev–Trinajstić information content (AvgIpc) is 2.22. The van der Waals surface area contributed by atoms with Crippen molar-refractivity contribution in [2.75, 3.05) is 19.0 Å². The van der Waals surface area contributed by atoms with Crippen LogP contribution in [0, 0.1) is 0 Å². The summed E-state index contributed by atoms with van der Waals surface area (Å²) in [4.78, 5) is 22.2. The number of carbonyl (C=O) groups excluding carboxylic acids is 2. The molecule has 2 amide bonds. The maximum Gasteiger partial charge on any atom is 0.244 e. The van der Waals surface area contributed by atoms with Crippen LogP contribution in [0.1, 0.15) is 19.8 Å². The lowest BCUT2D eigenvalue weighted by atomic mass is 10.1. The van der Waals surface area contributed by atoms with Gasteiger partial charge in [0.1, 0.15) is 6.04 Å². The zero-order valence-corrected chi connectivity index (χ0v) is 10.4. The van der Waals surface area contributed by atoms with E-state index in [0.29, 0.717) is 6.61 Å². The van der Waals surface area contributed by atoms with Gasteiger partial charge in [-0.3, -0.25) is 14.9 Å². The second kappa shape index (κ2) is 6.08. The van der Waals surface area contributed by atoms with E-state index in [9.17, 15) is 18.0 Å². The molecule has 1 fully saturated rings. The molecule has 8 heteroatoms. The summed E-state index contributed by atoms with van der Waals surface area (Å²) in [6.07, 6.45) is 0.336. The minimum Gasteiger partial charge on any atom is -0.381 e. The van der Waals surface area contributed by atoms with Crippen molar-refractivity contribution in [2.45, 2.75) is 25.8 Å². The van der Waals surface area contributed by atoms with Crippen LogP contribution in [0.3, 0.4) is 0 Å². The predicted molar refractivity (Wildman–Crippen MR) is 59.6 cm³/mol. The summed E-state index contributed by atoms with van der Waals surface area (Å²) in [7, 11) is -3.55. The normalized spacial score (nSPS) is 21.4. The van der Waals surface area contributed by atoms with Crippen molar-refractivity contribution >= 4 is 21.8 Å². The Bertz CT molecular complexity index is 392. The van der Waals surface area contributed by atoms with Gasteiger partial charge in [0.05, 0.1) is 12.4 Å². The first-order valence-electron chi connectivity index (χ1n) is 5.36. The van der Waals surface area contributed by atoms with Gasteiger partial charge in [0, 0.05) is 13.0 Å². The van der Waals surface area contributed by atoms with E-state index < -0.39 is 22.0 Å². The molecule has 0 aromatic rings. The smallest absolute Gasteiger partial charge is 0.244 e. The first-order valence-corrected chi connectivity index (χ1v) is 7.01. The molecular weight excluding hydrogens is 248 g/mol. The first-order chi connectivity index (χ1) is 7.94. The molecule has 1 atom stereocenters. The molecular formula is C9H16N2O5S. The number of hydrogen-bond acceptors (Lipinski definition) is 5. The van der Waals surface area contributed by atoms with E-state index >= 15 is 0 Å². The molecule has 1 aliphatic heterocycles. The number of amides is 2. The molecule has 17 heavy (non-hydrogen) atoms. The minimum atomic E-state index is -3.55. The summed E-state index contributed by atoms with van der Waals surface area (Å²) in [6.45, 7) is 2.29. The second-order valence-corrected chi connectivity index (χ2v) is 5.51. The number of sulfonamides is 1. The number of nitrogens with one attached hydrogen (secondary N) is 2. The van der Waals surface area contributed by atoms with Crippen LogP contribution in [0.2, 0.25) is 0 Å². The van der Waals surface area contributed by atoms with E-state index in [2.05, 4.69) is 10.0 Å². The standard InChI is InChI=1S/C9H16N2O5S/c1-2-16-5-6-17(14,15)11-7-3-4-8(12)10-9(7)13/h7,11H,2-6H2,1H3,(H,10,12,13). The van der Waals surface area contributed by atoms with Gasteiger partial charge in [-0.15, -0.1) is 0 Å². The summed E-state index contributed by atoms with van der Waals surface area (Å²) >= 11 is 0. The molecule has 0 saturated carbocycles. The maximum atomic E-state index is 11.5. The summed E-state index contributed by atoms with van der Waals surface area (Å²) in [5, 5.41) is 2.08. The van der Waals surface area contributed by atoms with Crippen molar-refractivity contribution in [3.05, 3.63) is 0 Å². The fraction of sp³-hybridized carbons (Fsp3) is 0.778. The number of rotatable bonds is 6. The van der Waals surface area contributed by atoms with E-state index in [0.717, 1.165) is 0 Å². The van der Waals surface area contributed by atoms with E-state index in [1.165, 1.54) is 0 Å². The van der Waals surface area contributed by atoms with Gasteiger partial charge in [0.25, 0.3) is 0 Å². The van der Waals surface area contributed by atoms with Gasteiger partial charge < -0.3 is 4.74 Å². The molecule has 1 heterocycles. The minimum absolute atomic E-state index is 0.0824. The van der Waals surface area contributed by atoms with Crippen molar-refractivity contribution in [3.63, 3.8) is 0 Å². The number of piperidine rings is 1. The lowest BCUT2D eigenvalue weighted by Gasteiger charge is -2.21. The number of hydrogen-bond donors (Lipinski definition) is 2. The Hall–Kier alpha value is -0.990. The highest BCUT2D eigenvalue weighted by Crippen LogP contribution is 2.05. The summed E-state index contributed by atoms with van der Waals surface area (Å²) in [6, 6.07) is -0.862. The third kappa shape index (κ3) is 4.80. The Kier molecular flexibility index (Phi) is 5.03. The van der Waals surface area contributed by atoms with Gasteiger partial charge in [-0.1, -0.05) is 0 Å². The Labute approximate surface area is 100.0 Å². The molecule has 0 aliphatic carbocycles. The molecule has 1 rings (SSSR count). The molecule has 0 radical (unpaired) electrons. The topological polar surface area (TPSA) is 102 Å². The molecule has 98 valence electrons. The van der Waals surface area contributed by atoms with Crippen molar-refractivity contribution in [3.8, 4) is 0 Å². The maximum absolute atomic E-state index is 11.5. The summed E-state index contributed by atoms with van der Waals surface area (Å²) < 4.78 is 30.3. The molecule has 0 aromatic heterocycles. The molecule has 0 aromatic carbocycles. The van der Waals surface area contributed by atoms with Gasteiger partial charge in [-0.2, -0.15) is 0 Å². The lowest BCUT2D eigenvalue weighted by molar-refractivity contribution is -0.134. The van der Waals surface area contributed by atoms with E-state index in [-0.39, 0.29) is 31.1 Å². The fourth-order valence-corrected chi connectivity index (χ4v) is 2.51. The van der Waals surface area contributed by atoms with Gasteiger partial charge in [-0.05, 0) is 13.3 Å². The Morgan fingerprint density at radius 3 is 2.76 bits per heavy atom. The quantitative estimate of drug-likeness (QED) is 0.461. The average molecular weight is 264 g/mol. The van der Waals surface area contributed by atoms with Gasteiger partial charge in [0.15, 0.2) is 0 Å². The van der Waals surface area contributed by atoms with Crippen LogP contribution >= 0.6 is 0 Å². The Morgan fingerprint density at radius 2 is 2.18 bits per heavy atom. The van der Waals surface area contributed by atoms with E-state index in [4.69, 9.17) is 4.74 Å². The third-order valence-electron chi connectivity index (χ3n) is 2.26.